The van der Waals surface area contributed by atoms with Gasteiger partial charge in [-0.2, -0.15) is 0 Å². The molecule has 132 valence electrons. The third-order valence-corrected chi connectivity index (χ3v) is 4.65. The van der Waals surface area contributed by atoms with Crippen LogP contribution < -0.4 is 14.4 Å². The molecule has 2 aromatic carbocycles. The van der Waals surface area contributed by atoms with Crippen LogP contribution in [-0.4, -0.2) is 24.2 Å². The summed E-state index contributed by atoms with van der Waals surface area (Å²) in [6.07, 6.45) is 3.46. The highest BCUT2D eigenvalue weighted by Gasteiger charge is 2.27. The zero-order valence-electron chi connectivity index (χ0n) is 14.4. The van der Waals surface area contributed by atoms with Crippen LogP contribution in [0.1, 0.15) is 12.5 Å². The van der Waals surface area contributed by atoms with E-state index in [1.54, 1.807) is 26.4 Å². The van der Waals surface area contributed by atoms with E-state index in [0.29, 0.717) is 23.0 Å². The Hall–Kier alpha value is -2.86. The van der Waals surface area contributed by atoms with Gasteiger partial charge in [0.2, 0.25) is 0 Å². The maximum absolute atomic E-state index is 13.6. The summed E-state index contributed by atoms with van der Waals surface area (Å²) in [4.78, 5) is 10.7. The van der Waals surface area contributed by atoms with Gasteiger partial charge in [-0.15, -0.1) is 0 Å². The van der Waals surface area contributed by atoms with Crippen LogP contribution in [0, 0.1) is 5.82 Å². The van der Waals surface area contributed by atoms with Gasteiger partial charge in [0.25, 0.3) is 0 Å². The number of benzene rings is 2. The molecule has 3 aromatic rings. The first-order valence-corrected chi connectivity index (χ1v) is 8.26. The Morgan fingerprint density at radius 2 is 1.92 bits per heavy atom. The van der Waals surface area contributed by atoms with E-state index in [-0.39, 0.29) is 5.02 Å². The van der Waals surface area contributed by atoms with Crippen LogP contribution in [0.5, 0.6) is 11.5 Å². The van der Waals surface area contributed by atoms with E-state index in [9.17, 15) is 4.39 Å². The lowest BCUT2D eigenvalue weighted by Crippen LogP contribution is -2.19. The maximum atomic E-state index is 13.6. The molecule has 0 bridgehead atoms. The van der Waals surface area contributed by atoms with Crippen LogP contribution in [0.15, 0.2) is 36.3 Å². The van der Waals surface area contributed by atoms with E-state index in [1.165, 1.54) is 12.4 Å². The first-order chi connectivity index (χ1) is 12.5. The highest BCUT2D eigenvalue weighted by Crippen LogP contribution is 2.46. The summed E-state index contributed by atoms with van der Waals surface area (Å²) in [5, 5.41) is 0.884. The molecule has 0 spiro atoms. The van der Waals surface area contributed by atoms with Gasteiger partial charge in [0, 0.05) is 23.0 Å². The minimum atomic E-state index is -0.464. The fourth-order valence-electron chi connectivity index (χ4n) is 3.25. The monoisotopic (exact) mass is 371 g/mol. The highest BCUT2D eigenvalue weighted by molar-refractivity contribution is 6.31. The molecule has 1 aromatic heterocycles. The first-order valence-electron chi connectivity index (χ1n) is 7.88. The SMILES string of the molecule is COc1cc2ncnc3c2c(c1OC)C=C(C)N3c1ccc(F)c(Cl)c1. The number of hydrogen-bond acceptors (Lipinski definition) is 5. The van der Waals surface area contributed by atoms with Crippen molar-refractivity contribution in [1.29, 1.82) is 0 Å². The Bertz CT molecular complexity index is 1070. The molecule has 0 saturated carbocycles. The number of halogens is 2. The number of hydrogen-bond donors (Lipinski definition) is 0. The molecule has 26 heavy (non-hydrogen) atoms. The van der Waals surface area contributed by atoms with Crippen molar-refractivity contribution >= 4 is 40.1 Å². The van der Waals surface area contributed by atoms with Crippen LogP contribution in [-0.2, 0) is 0 Å². The van der Waals surface area contributed by atoms with Crippen molar-refractivity contribution in [3.05, 3.63) is 52.7 Å². The summed E-state index contributed by atoms with van der Waals surface area (Å²) in [6.45, 7) is 1.94. The summed E-state index contributed by atoms with van der Waals surface area (Å²) in [5.41, 5.74) is 3.17. The predicted molar refractivity (Wildman–Crippen MR) is 99.8 cm³/mol. The molecule has 7 heteroatoms. The van der Waals surface area contributed by atoms with Gasteiger partial charge in [-0.25, -0.2) is 14.4 Å². The van der Waals surface area contributed by atoms with Gasteiger partial charge in [-0.05, 0) is 31.2 Å². The van der Waals surface area contributed by atoms with Gasteiger partial charge >= 0.3 is 0 Å². The lowest BCUT2D eigenvalue weighted by molar-refractivity contribution is 0.355. The van der Waals surface area contributed by atoms with Crippen LogP contribution >= 0.6 is 11.6 Å². The summed E-state index contributed by atoms with van der Waals surface area (Å²) < 4.78 is 24.6. The van der Waals surface area contributed by atoms with Gasteiger partial charge in [0.05, 0.1) is 30.1 Å². The zero-order chi connectivity index (χ0) is 18.4. The van der Waals surface area contributed by atoms with Gasteiger partial charge in [-0.3, -0.25) is 4.90 Å². The van der Waals surface area contributed by atoms with Crippen molar-refractivity contribution in [1.82, 2.24) is 9.97 Å². The second-order valence-electron chi connectivity index (χ2n) is 5.84. The second kappa shape index (κ2) is 6.14. The minimum Gasteiger partial charge on any atom is -0.493 e. The quantitative estimate of drug-likeness (QED) is 0.651. The van der Waals surface area contributed by atoms with Gasteiger partial charge in [-0.1, -0.05) is 11.6 Å². The predicted octanol–water partition coefficient (Wildman–Crippen LogP) is 4.95. The van der Waals surface area contributed by atoms with Crippen LogP contribution in [0.25, 0.3) is 17.0 Å². The van der Waals surface area contributed by atoms with Crippen molar-refractivity contribution in [2.75, 3.05) is 19.1 Å². The number of anilines is 2. The molecular formula is C19H15ClFN3O2. The molecule has 0 N–H and O–H groups in total. The van der Waals surface area contributed by atoms with Crippen molar-refractivity contribution in [2.45, 2.75) is 6.92 Å². The van der Waals surface area contributed by atoms with Crippen LogP contribution in [0.2, 0.25) is 5.02 Å². The van der Waals surface area contributed by atoms with E-state index < -0.39 is 5.82 Å². The van der Waals surface area contributed by atoms with Crippen molar-refractivity contribution in [3.8, 4) is 11.5 Å². The molecule has 4 rings (SSSR count). The molecule has 0 amide bonds. The topological polar surface area (TPSA) is 47.5 Å². The average molecular weight is 372 g/mol. The molecule has 0 aliphatic carbocycles. The third-order valence-electron chi connectivity index (χ3n) is 4.37. The summed E-state index contributed by atoms with van der Waals surface area (Å²) in [6, 6.07) is 6.40. The molecule has 1 aliphatic heterocycles. The zero-order valence-corrected chi connectivity index (χ0v) is 15.1. The number of rotatable bonds is 3. The van der Waals surface area contributed by atoms with E-state index in [0.717, 1.165) is 22.2 Å². The Balaban J connectivity index is 2.03. The number of allylic oxidation sites excluding steroid dienone is 1. The molecular weight excluding hydrogens is 357 g/mol. The van der Waals surface area contributed by atoms with E-state index in [2.05, 4.69) is 9.97 Å². The molecule has 0 radical (unpaired) electrons. The Kier molecular flexibility index (Phi) is 3.92. The Morgan fingerprint density at radius 1 is 1.12 bits per heavy atom. The average Bonchev–Trinajstić information content (AvgIpc) is 2.64. The van der Waals surface area contributed by atoms with Gasteiger partial charge in [0.15, 0.2) is 11.5 Å². The van der Waals surface area contributed by atoms with Crippen molar-refractivity contribution in [2.24, 2.45) is 0 Å². The largest absolute Gasteiger partial charge is 0.493 e. The number of methoxy groups -OCH3 is 2. The fourth-order valence-corrected chi connectivity index (χ4v) is 3.43. The lowest BCUT2D eigenvalue weighted by atomic mass is 10.0. The standard InChI is InChI=1S/C19H15ClFN3O2/c1-10-6-12-17-15(8-16(25-2)18(12)26-3)22-9-23-19(17)24(10)11-4-5-14(21)13(20)7-11/h4-9H,1-3H3. The summed E-state index contributed by atoms with van der Waals surface area (Å²) >= 11 is 5.98. The summed E-state index contributed by atoms with van der Waals surface area (Å²) in [5.74, 6) is 1.43. The summed E-state index contributed by atoms with van der Waals surface area (Å²) in [7, 11) is 3.18. The molecule has 2 heterocycles. The fraction of sp³-hybridized carbons (Fsp3) is 0.158. The van der Waals surface area contributed by atoms with Crippen LogP contribution in [0.4, 0.5) is 15.9 Å². The van der Waals surface area contributed by atoms with Gasteiger partial charge < -0.3 is 9.47 Å². The molecule has 0 fully saturated rings. The van der Waals surface area contributed by atoms with Crippen molar-refractivity contribution < 1.29 is 13.9 Å². The Morgan fingerprint density at radius 3 is 2.62 bits per heavy atom. The van der Waals surface area contributed by atoms with Gasteiger partial charge in [0.1, 0.15) is 18.0 Å². The highest BCUT2D eigenvalue weighted by atomic mass is 35.5. The van der Waals surface area contributed by atoms with E-state index >= 15 is 0 Å². The second-order valence-corrected chi connectivity index (χ2v) is 6.24. The molecule has 0 atom stereocenters. The first kappa shape index (κ1) is 16.6. The van der Waals surface area contributed by atoms with E-state index in [1.807, 2.05) is 24.0 Å². The lowest BCUT2D eigenvalue weighted by Gasteiger charge is -2.30. The number of nitrogens with zero attached hydrogens (tertiary/aromatic N) is 3. The normalized spacial score (nSPS) is 13.0. The number of aromatic nitrogens is 2. The minimum absolute atomic E-state index is 0.0544. The molecule has 0 saturated heterocycles. The number of ether oxygens (including phenoxy) is 2. The maximum Gasteiger partial charge on any atom is 0.168 e. The smallest absolute Gasteiger partial charge is 0.168 e. The van der Waals surface area contributed by atoms with E-state index in [4.69, 9.17) is 21.1 Å². The molecule has 1 aliphatic rings. The Labute approximate surface area is 154 Å². The van der Waals surface area contributed by atoms with Crippen LogP contribution in [0.3, 0.4) is 0 Å². The molecule has 0 unspecified atom stereocenters. The molecule has 5 nitrogen and oxygen atoms in total. The third kappa shape index (κ3) is 2.37. The van der Waals surface area contributed by atoms with Crippen molar-refractivity contribution in [3.63, 3.8) is 0 Å².